The van der Waals surface area contributed by atoms with Crippen molar-refractivity contribution < 1.29 is 14.6 Å². The highest BCUT2D eigenvalue weighted by Gasteiger charge is 2.20. The number of carboxylic acids is 1. The highest BCUT2D eigenvalue weighted by atomic mass is 16.5. The lowest BCUT2D eigenvalue weighted by Gasteiger charge is -2.21. The van der Waals surface area contributed by atoms with E-state index in [0.29, 0.717) is 17.4 Å². The second-order valence-corrected chi connectivity index (χ2v) is 4.60. The van der Waals surface area contributed by atoms with E-state index in [4.69, 9.17) is 15.6 Å². The van der Waals surface area contributed by atoms with E-state index >= 15 is 0 Å². The van der Waals surface area contributed by atoms with Gasteiger partial charge in [-0.3, -0.25) is 0 Å². The number of hydrogen-bond donors (Lipinski definition) is 2. The van der Waals surface area contributed by atoms with Crippen LogP contribution in [-0.4, -0.2) is 38.9 Å². The summed E-state index contributed by atoms with van der Waals surface area (Å²) < 4.78 is 6.67. The van der Waals surface area contributed by atoms with Crippen molar-refractivity contribution in [3.05, 3.63) is 23.5 Å². The number of carboxylic acid groups (broad SMARTS) is 1. The third-order valence-electron chi connectivity index (χ3n) is 3.33. The van der Waals surface area contributed by atoms with Crippen molar-refractivity contribution in [1.82, 2.24) is 14.6 Å². The molecule has 0 radical (unpaired) electrons. The number of aromatic carboxylic acids is 1. The Hall–Kier alpha value is -2.15. The predicted octanol–water partition coefficient (Wildman–Crippen LogP) is 0.904. The molecule has 3 rings (SSSR count). The lowest BCUT2D eigenvalue weighted by atomic mass is 9.96. The Kier molecular flexibility index (Phi) is 2.83. The van der Waals surface area contributed by atoms with E-state index in [1.54, 1.807) is 6.07 Å². The summed E-state index contributed by atoms with van der Waals surface area (Å²) in [5.41, 5.74) is 7.21. The van der Waals surface area contributed by atoms with Crippen LogP contribution in [0.25, 0.3) is 5.65 Å². The molecule has 100 valence electrons. The molecule has 3 heterocycles. The van der Waals surface area contributed by atoms with Crippen molar-refractivity contribution in [2.45, 2.75) is 18.8 Å². The third kappa shape index (κ3) is 2.12. The molecule has 0 bridgehead atoms. The van der Waals surface area contributed by atoms with E-state index in [1.807, 2.05) is 0 Å². The van der Waals surface area contributed by atoms with E-state index < -0.39 is 5.97 Å². The Bertz CT molecular complexity index is 631. The number of fused-ring (bicyclic) bond motifs is 1. The van der Waals surface area contributed by atoms with E-state index in [2.05, 4.69) is 10.1 Å². The average molecular weight is 262 g/mol. The van der Waals surface area contributed by atoms with Crippen LogP contribution in [0, 0.1) is 0 Å². The normalized spacial score (nSPS) is 16.8. The molecule has 0 aromatic carbocycles. The smallest absolute Gasteiger partial charge is 0.356 e. The maximum Gasteiger partial charge on any atom is 0.356 e. The van der Waals surface area contributed by atoms with Crippen molar-refractivity contribution >= 4 is 17.4 Å². The summed E-state index contributed by atoms with van der Waals surface area (Å²) in [5.74, 6) is -0.374. The lowest BCUT2D eigenvalue weighted by molar-refractivity contribution is 0.0690. The van der Waals surface area contributed by atoms with Crippen LogP contribution in [0.1, 0.15) is 34.9 Å². The number of nitrogens with zero attached hydrogens (tertiary/aromatic N) is 3. The van der Waals surface area contributed by atoms with Crippen LogP contribution in [0.4, 0.5) is 5.82 Å². The molecule has 1 saturated heterocycles. The molecule has 0 atom stereocenters. The highest BCUT2D eigenvalue weighted by molar-refractivity contribution is 5.86. The first kappa shape index (κ1) is 11.9. The fourth-order valence-electron chi connectivity index (χ4n) is 2.33. The van der Waals surface area contributed by atoms with Gasteiger partial charge in [0.05, 0.1) is 0 Å². The second kappa shape index (κ2) is 4.51. The molecule has 3 N–H and O–H groups in total. The van der Waals surface area contributed by atoms with Gasteiger partial charge in [-0.15, -0.1) is 0 Å². The van der Waals surface area contributed by atoms with Gasteiger partial charge in [-0.05, 0) is 12.8 Å². The van der Waals surface area contributed by atoms with Crippen LogP contribution < -0.4 is 5.73 Å². The number of nitrogen functional groups attached to an aromatic ring is 1. The van der Waals surface area contributed by atoms with E-state index in [0.717, 1.165) is 31.7 Å². The summed E-state index contributed by atoms with van der Waals surface area (Å²) in [6.45, 7) is 1.44. The molecule has 7 heteroatoms. The molecule has 1 aliphatic heterocycles. The van der Waals surface area contributed by atoms with Crippen LogP contribution in [0.15, 0.2) is 12.1 Å². The number of carbonyl (C=O) groups is 1. The quantitative estimate of drug-likeness (QED) is 0.833. The summed E-state index contributed by atoms with van der Waals surface area (Å²) >= 11 is 0. The van der Waals surface area contributed by atoms with Crippen LogP contribution in [0.3, 0.4) is 0 Å². The zero-order valence-electron chi connectivity index (χ0n) is 10.2. The Morgan fingerprint density at radius 1 is 1.42 bits per heavy atom. The molecule has 7 nitrogen and oxygen atoms in total. The maximum atomic E-state index is 10.9. The van der Waals surface area contributed by atoms with Gasteiger partial charge in [-0.2, -0.15) is 9.61 Å². The minimum Gasteiger partial charge on any atom is -0.476 e. The van der Waals surface area contributed by atoms with Crippen molar-refractivity contribution in [2.24, 2.45) is 0 Å². The number of anilines is 1. The van der Waals surface area contributed by atoms with Crippen molar-refractivity contribution in [3.63, 3.8) is 0 Å². The standard InChI is InChI=1S/C12H14N4O3/c13-10-5-8(7-1-3-19-4-2-7)14-11-6-9(12(17)18)15-16(10)11/h5-7H,1-4,13H2,(H,17,18). The topological polar surface area (TPSA) is 103 Å². The summed E-state index contributed by atoms with van der Waals surface area (Å²) in [6.07, 6.45) is 1.81. The number of nitrogens with two attached hydrogens (primary N) is 1. The number of hydrogen-bond acceptors (Lipinski definition) is 5. The van der Waals surface area contributed by atoms with Crippen LogP contribution in [0.2, 0.25) is 0 Å². The van der Waals surface area contributed by atoms with Crippen LogP contribution >= 0.6 is 0 Å². The van der Waals surface area contributed by atoms with Gasteiger partial charge in [0.15, 0.2) is 11.3 Å². The van der Waals surface area contributed by atoms with Gasteiger partial charge < -0.3 is 15.6 Å². The van der Waals surface area contributed by atoms with Crippen molar-refractivity contribution in [3.8, 4) is 0 Å². The Balaban J connectivity index is 2.05. The Morgan fingerprint density at radius 2 is 2.16 bits per heavy atom. The van der Waals surface area contributed by atoms with Crippen LogP contribution in [0.5, 0.6) is 0 Å². The minimum absolute atomic E-state index is 0.0525. The molecule has 0 aliphatic carbocycles. The monoisotopic (exact) mass is 262 g/mol. The molecule has 0 unspecified atom stereocenters. The molecule has 2 aromatic rings. The van der Waals surface area contributed by atoms with E-state index in [1.165, 1.54) is 10.6 Å². The number of aromatic nitrogens is 3. The van der Waals surface area contributed by atoms with E-state index in [9.17, 15) is 4.79 Å². The third-order valence-corrected chi connectivity index (χ3v) is 3.33. The summed E-state index contributed by atoms with van der Waals surface area (Å²) in [7, 11) is 0. The zero-order chi connectivity index (χ0) is 13.4. The lowest BCUT2D eigenvalue weighted by Crippen LogP contribution is -2.16. The molecular weight excluding hydrogens is 248 g/mol. The SMILES string of the molecule is Nc1cc(C2CCOCC2)nc2cc(C(=O)O)nn12. The summed E-state index contributed by atoms with van der Waals surface area (Å²) in [4.78, 5) is 15.4. The van der Waals surface area contributed by atoms with E-state index in [-0.39, 0.29) is 5.69 Å². The Morgan fingerprint density at radius 3 is 2.84 bits per heavy atom. The Labute approximate surface area is 109 Å². The zero-order valence-corrected chi connectivity index (χ0v) is 10.2. The molecular formula is C12H14N4O3. The van der Waals surface area contributed by atoms with Crippen LogP contribution in [-0.2, 0) is 4.74 Å². The predicted molar refractivity (Wildman–Crippen MR) is 67.2 cm³/mol. The molecule has 0 amide bonds. The van der Waals surface area contributed by atoms with Gasteiger partial charge in [0, 0.05) is 37.0 Å². The van der Waals surface area contributed by atoms with Gasteiger partial charge >= 0.3 is 5.97 Å². The van der Waals surface area contributed by atoms with Gasteiger partial charge in [-0.25, -0.2) is 9.78 Å². The first-order valence-corrected chi connectivity index (χ1v) is 6.12. The molecule has 2 aromatic heterocycles. The van der Waals surface area contributed by atoms with Gasteiger partial charge in [0.25, 0.3) is 0 Å². The molecule has 1 aliphatic rings. The average Bonchev–Trinajstić information content (AvgIpc) is 2.84. The van der Waals surface area contributed by atoms with Gasteiger partial charge in [0.1, 0.15) is 5.82 Å². The van der Waals surface area contributed by atoms with Gasteiger partial charge in [-0.1, -0.05) is 0 Å². The fraction of sp³-hybridized carbons (Fsp3) is 0.417. The summed E-state index contributed by atoms with van der Waals surface area (Å²) in [5, 5.41) is 12.8. The van der Waals surface area contributed by atoms with Crippen molar-refractivity contribution in [1.29, 1.82) is 0 Å². The minimum atomic E-state index is -1.09. The number of ether oxygens (including phenoxy) is 1. The first-order valence-electron chi connectivity index (χ1n) is 6.12. The molecule has 0 saturated carbocycles. The summed E-state index contributed by atoms with van der Waals surface area (Å²) in [6, 6.07) is 3.20. The van der Waals surface area contributed by atoms with Gasteiger partial charge in [0.2, 0.25) is 0 Å². The first-order chi connectivity index (χ1) is 9.15. The second-order valence-electron chi connectivity index (χ2n) is 4.60. The number of rotatable bonds is 2. The fourth-order valence-corrected chi connectivity index (χ4v) is 2.33. The highest BCUT2D eigenvalue weighted by Crippen LogP contribution is 2.27. The maximum absolute atomic E-state index is 10.9. The molecule has 19 heavy (non-hydrogen) atoms. The molecule has 0 spiro atoms. The largest absolute Gasteiger partial charge is 0.476 e. The molecule has 1 fully saturated rings. The van der Waals surface area contributed by atoms with Crippen molar-refractivity contribution in [2.75, 3.05) is 18.9 Å².